The Balaban J connectivity index is 1.41. The Hall–Kier alpha value is -4.09. The molecule has 0 spiro atoms. The molecule has 3 heterocycles. The minimum Gasteiger partial charge on any atom is -0.378 e. The van der Waals surface area contributed by atoms with Crippen molar-refractivity contribution in [3.8, 4) is 17.5 Å². The standard InChI is InChI=1S/C23H16FN5O2/c24-17-5-7-18(8-6-17)27-22(30)23(12-31-13-23)16-3-1-15(2-4-16)20-28-19-9-14(10-25)11-26-21(19)29-20/h1-9,11H,12-13H2,(H,27,30)(H,26,28,29). The third-order valence-electron chi connectivity index (χ3n) is 5.41. The van der Waals surface area contributed by atoms with Gasteiger partial charge in [-0.05, 0) is 35.9 Å². The highest BCUT2D eigenvalue weighted by Gasteiger charge is 2.47. The van der Waals surface area contributed by atoms with E-state index in [9.17, 15) is 9.18 Å². The summed E-state index contributed by atoms with van der Waals surface area (Å²) in [4.78, 5) is 24.9. The van der Waals surface area contributed by atoms with Crippen LogP contribution in [0.4, 0.5) is 10.1 Å². The van der Waals surface area contributed by atoms with Crippen LogP contribution in [0.1, 0.15) is 11.1 Å². The van der Waals surface area contributed by atoms with Crippen LogP contribution < -0.4 is 5.32 Å². The molecule has 0 saturated carbocycles. The van der Waals surface area contributed by atoms with E-state index in [1.807, 2.05) is 24.3 Å². The molecule has 1 aliphatic rings. The summed E-state index contributed by atoms with van der Waals surface area (Å²) in [5, 5.41) is 11.9. The quantitative estimate of drug-likeness (QED) is 0.533. The summed E-state index contributed by atoms with van der Waals surface area (Å²) >= 11 is 0. The molecule has 0 radical (unpaired) electrons. The van der Waals surface area contributed by atoms with E-state index < -0.39 is 5.41 Å². The zero-order valence-electron chi connectivity index (χ0n) is 16.2. The minimum absolute atomic E-state index is 0.199. The van der Waals surface area contributed by atoms with Crippen LogP contribution >= 0.6 is 0 Å². The molecule has 1 saturated heterocycles. The monoisotopic (exact) mass is 413 g/mol. The van der Waals surface area contributed by atoms with Crippen LogP contribution in [0.2, 0.25) is 0 Å². The summed E-state index contributed by atoms with van der Waals surface area (Å²) in [5.41, 5.74) is 3.03. The molecule has 2 aromatic carbocycles. The molecule has 0 atom stereocenters. The molecule has 0 unspecified atom stereocenters. The molecule has 5 rings (SSSR count). The molecule has 1 aliphatic heterocycles. The maximum atomic E-state index is 13.1. The Morgan fingerprint density at radius 3 is 2.55 bits per heavy atom. The molecule has 0 aliphatic carbocycles. The number of halogens is 1. The summed E-state index contributed by atoms with van der Waals surface area (Å²) in [6.07, 6.45) is 1.49. The van der Waals surface area contributed by atoms with Crippen LogP contribution in [-0.4, -0.2) is 34.1 Å². The minimum atomic E-state index is -0.802. The Bertz CT molecular complexity index is 1320. The first-order valence-electron chi connectivity index (χ1n) is 9.59. The van der Waals surface area contributed by atoms with Gasteiger partial charge in [0.25, 0.3) is 0 Å². The number of fused-ring (bicyclic) bond motifs is 1. The molecule has 2 N–H and O–H groups in total. The maximum Gasteiger partial charge on any atom is 0.239 e. The number of nitriles is 1. The molecule has 2 aromatic heterocycles. The van der Waals surface area contributed by atoms with E-state index in [1.165, 1.54) is 30.5 Å². The number of aromatic nitrogens is 3. The van der Waals surface area contributed by atoms with Crippen LogP contribution in [-0.2, 0) is 14.9 Å². The van der Waals surface area contributed by atoms with Crippen molar-refractivity contribution in [2.45, 2.75) is 5.41 Å². The molecular formula is C23H16FN5O2. The molecule has 7 nitrogen and oxygen atoms in total. The summed E-state index contributed by atoms with van der Waals surface area (Å²) in [5.74, 6) is 0.0637. The van der Waals surface area contributed by atoms with E-state index in [-0.39, 0.29) is 24.9 Å². The lowest BCUT2D eigenvalue weighted by molar-refractivity contribution is -0.139. The summed E-state index contributed by atoms with van der Waals surface area (Å²) in [6, 6.07) is 16.9. The van der Waals surface area contributed by atoms with Crippen molar-refractivity contribution in [2.75, 3.05) is 18.5 Å². The zero-order valence-corrected chi connectivity index (χ0v) is 16.2. The summed E-state index contributed by atoms with van der Waals surface area (Å²) < 4.78 is 18.5. The molecule has 31 heavy (non-hydrogen) atoms. The van der Waals surface area contributed by atoms with Crippen molar-refractivity contribution in [1.29, 1.82) is 5.26 Å². The van der Waals surface area contributed by atoms with E-state index in [0.29, 0.717) is 28.2 Å². The number of hydrogen-bond donors (Lipinski definition) is 2. The Labute approximate surface area is 176 Å². The number of ether oxygens (including phenoxy) is 1. The predicted molar refractivity (Wildman–Crippen MR) is 112 cm³/mol. The Morgan fingerprint density at radius 1 is 1.16 bits per heavy atom. The lowest BCUT2D eigenvalue weighted by atomic mass is 9.77. The fourth-order valence-corrected chi connectivity index (χ4v) is 3.56. The smallest absolute Gasteiger partial charge is 0.239 e. The van der Waals surface area contributed by atoms with Gasteiger partial charge in [-0.1, -0.05) is 24.3 Å². The van der Waals surface area contributed by atoms with Gasteiger partial charge in [-0.15, -0.1) is 0 Å². The SMILES string of the molecule is N#Cc1cnc2[nH]c(-c3ccc(C4(C(=O)Nc5ccc(F)cc5)COC4)cc3)nc2c1. The molecule has 152 valence electrons. The van der Waals surface area contributed by atoms with Crippen molar-refractivity contribution in [3.05, 3.63) is 77.7 Å². The molecule has 8 heteroatoms. The van der Waals surface area contributed by atoms with Gasteiger partial charge in [0, 0.05) is 17.4 Å². The average molecular weight is 413 g/mol. The van der Waals surface area contributed by atoms with Gasteiger partial charge >= 0.3 is 0 Å². The van der Waals surface area contributed by atoms with E-state index in [2.05, 4.69) is 26.3 Å². The lowest BCUT2D eigenvalue weighted by Gasteiger charge is -2.40. The van der Waals surface area contributed by atoms with Gasteiger partial charge in [-0.3, -0.25) is 4.79 Å². The van der Waals surface area contributed by atoms with E-state index in [1.54, 1.807) is 6.07 Å². The fourth-order valence-electron chi connectivity index (χ4n) is 3.56. The van der Waals surface area contributed by atoms with Crippen molar-refractivity contribution < 1.29 is 13.9 Å². The van der Waals surface area contributed by atoms with E-state index >= 15 is 0 Å². The second-order valence-electron chi connectivity index (χ2n) is 7.40. The number of anilines is 1. The number of nitrogens with zero attached hydrogens (tertiary/aromatic N) is 3. The number of pyridine rings is 1. The van der Waals surface area contributed by atoms with Gasteiger partial charge in [0.2, 0.25) is 5.91 Å². The first kappa shape index (κ1) is 18.9. The van der Waals surface area contributed by atoms with Gasteiger partial charge in [0.15, 0.2) is 5.65 Å². The van der Waals surface area contributed by atoms with Crippen molar-refractivity contribution in [1.82, 2.24) is 15.0 Å². The zero-order chi connectivity index (χ0) is 21.4. The summed E-state index contributed by atoms with van der Waals surface area (Å²) in [7, 11) is 0. The van der Waals surface area contributed by atoms with Gasteiger partial charge in [0.05, 0.1) is 18.8 Å². The number of carbonyl (C=O) groups is 1. The normalized spacial score (nSPS) is 14.6. The maximum absolute atomic E-state index is 13.1. The van der Waals surface area contributed by atoms with Crippen molar-refractivity contribution in [3.63, 3.8) is 0 Å². The first-order chi connectivity index (χ1) is 15.1. The number of rotatable bonds is 4. The highest BCUT2D eigenvalue weighted by atomic mass is 19.1. The Morgan fingerprint density at radius 2 is 1.90 bits per heavy atom. The predicted octanol–water partition coefficient (Wildman–Crippen LogP) is 3.54. The van der Waals surface area contributed by atoms with Crippen LogP contribution in [0.3, 0.4) is 0 Å². The third kappa shape index (κ3) is 3.31. The molecule has 0 bridgehead atoms. The highest BCUT2D eigenvalue weighted by molar-refractivity contribution is 6.00. The average Bonchev–Trinajstić information content (AvgIpc) is 3.18. The van der Waals surface area contributed by atoms with Crippen molar-refractivity contribution in [2.24, 2.45) is 0 Å². The van der Waals surface area contributed by atoms with Gasteiger partial charge in [-0.25, -0.2) is 14.4 Å². The molecular weight excluding hydrogens is 397 g/mol. The molecule has 1 amide bonds. The van der Waals surface area contributed by atoms with E-state index in [4.69, 9.17) is 10.00 Å². The van der Waals surface area contributed by atoms with Crippen LogP contribution in [0.25, 0.3) is 22.6 Å². The molecule has 1 fully saturated rings. The number of benzene rings is 2. The number of hydrogen-bond acceptors (Lipinski definition) is 5. The number of aromatic amines is 1. The van der Waals surface area contributed by atoms with Crippen LogP contribution in [0, 0.1) is 17.1 Å². The molecule has 4 aromatic rings. The second-order valence-corrected chi connectivity index (χ2v) is 7.40. The summed E-state index contributed by atoms with van der Waals surface area (Å²) in [6.45, 7) is 0.537. The highest BCUT2D eigenvalue weighted by Crippen LogP contribution is 2.35. The van der Waals surface area contributed by atoms with Crippen LogP contribution in [0.5, 0.6) is 0 Å². The number of imidazole rings is 1. The lowest BCUT2D eigenvalue weighted by Crippen LogP contribution is -2.55. The van der Waals surface area contributed by atoms with Gasteiger partial charge < -0.3 is 15.0 Å². The second kappa shape index (κ2) is 7.31. The number of H-pyrrole nitrogens is 1. The number of nitrogens with one attached hydrogen (secondary N) is 2. The fraction of sp³-hybridized carbons (Fsp3) is 0.130. The van der Waals surface area contributed by atoms with Crippen LogP contribution in [0.15, 0.2) is 60.8 Å². The largest absolute Gasteiger partial charge is 0.378 e. The van der Waals surface area contributed by atoms with E-state index in [0.717, 1.165) is 11.1 Å². The van der Waals surface area contributed by atoms with Gasteiger partial charge in [-0.2, -0.15) is 5.26 Å². The number of carbonyl (C=O) groups excluding carboxylic acids is 1. The number of amides is 1. The Kier molecular flexibility index (Phi) is 4.46. The topological polar surface area (TPSA) is 104 Å². The third-order valence-corrected chi connectivity index (χ3v) is 5.41. The van der Waals surface area contributed by atoms with Crippen molar-refractivity contribution >= 4 is 22.8 Å². The first-order valence-corrected chi connectivity index (χ1v) is 9.59. The van der Waals surface area contributed by atoms with Gasteiger partial charge in [0.1, 0.15) is 28.6 Å².